The highest BCUT2D eigenvalue weighted by molar-refractivity contribution is 5.94. The summed E-state index contributed by atoms with van der Waals surface area (Å²) in [4.78, 5) is 17.2. The number of aliphatic hydroxyl groups excluding tert-OH is 1. The molecule has 162 valence electrons. The highest BCUT2D eigenvalue weighted by Crippen LogP contribution is 2.43. The van der Waals surface area contributed by atoms with Crippen molar-refractivity contribution in [2.24, 2.45) is 0 Å². The zero-order chi connectivity index (χ0) is 22.2. The van der Waals surface area contributed by atoms with Crippen LogP contribution < -0.4 is 9.80 Å². The molecule has 6 nitrogen and oxygen atoms in total. The Morgan fingerprint density at radius 2 is 1.28 bits per heavy atom. The van der Waals surface area contributed by atoms with Crippen LogP contribution in [0, 0.1) is 0 Å². The van der Waals surface area contributed by atoms with Gasteiger partial charge in [-0.25, -0.2) is 9.80 Å². The largest absolute Gasteiger partial charge is 0.378 e. The van der Waals surface area contributed by atoms with Gasteiger partial charge in [0, 0.05) is 25.5 Å². The number of aliphatic hydroxyl groups is 1. The standard InChI is InChI=1S/C26H26N4O2/c1-27(2)21-13-15-22(16-14-21)28-25(31)29-23(19-9-5-3-6-10-19)17-18-24(30(29)26(28)32)20-11-7-4-8-12-20/h3-18,23-25,31H,1-2H3/t23-,24+,25?/m1/s1. The van der Waals surface area contributed by atoms with Crippen LogP contribution >= 0.6 is 0 Å². The van der Waals surface area contributed by atoms with Crippen molar-refractivity contribution >= 4 is 17.4 Å². The summed E-state index contributed by atoms with van der Waals surface area (Å²) in [7, 11) is 3.94. The van der Waals surface area contributed by atoms with E-state index >= 15 is 0 Å². The molecule has 1 unspecified atom stereocenters. The molecule has 3 atom stereocenters. The lowest BCUT2D eigenvalue weighted by atomic mass is 9.99. The van der Waals surface area contributed by atoms with Gasteiger partial charge in [-0.05, 0) is 35.4 Å². The molecule has 0 saturated carbocycles. The number of anilines is 2. The summed E-state index contributed by atoms with van der Waals surface area (Å²) in [5.41, 5.74) is 3.68. The highest BCUT2D eigenvalue weighted by atomic mass is 16.3. The Morgan fingerprint density at radius 3 is 1.84 bits per heavy atom. The topological polar surface area (TPSA) is 50.3 Å². The number of hydrogen-bond donors (Lipinski definition) is 1. The van der Waals surface area contributed by atoms with Gasteiger partial charge in [-0.2, -0.15) is 5.01 Å². The molecule has 2 aliphatic rings. The van der Waals surface area contributed by atoms with E-state index in [1.165, 1.54) is 4.90 Å². The lowest BCUT2D eigenvalue weighted by molar-refractivity contribution is -0.110. The van der Waals surface area contributed by atoms with E-state index < -0.39 is 6.35 Å². The molecule has 0 aliphatic carbocycles. The predicted octanol–water partition coefficient (Wildman–Crippen LogP) is 4.54. The van der Waals surface area contributed by atoms with Crippen LogP contribution in [0.5, 0.6) is 0 Å². The smallest absolute Gasteiger partial charge is 0.343 e. The summed E-state index contributed by atoms with van der Waals surface area (Å²) in [5.74, 6) is 0. The molecule has 0 aromatic heterocycles. The zero-order valence-electron chi connectivity index (χ0n) is 18.1. The Kier molecular flexibility index (Phi) is 5.17. The van der Waals surface area contributed by atoms with Crippen molar-refractivity contribution in [2.45, 2.75) is 18.4 Å². The maximum Gasteiger partial charge on any atom is 0.343 e. The second-order valence-electron chi connectivity index (χ2n) is 8.23. The molecule has 0 bridgehead atoms. The van der Waals surface area contributed by atoms with Crippen molar-refractivity contribution in [1.82, 2.24) is 10.0 Å². The van der Waals surface area contributed by atoms with Crippen molar-refractivity contribution in [3.8, 4) is 0 Å². The van der Waals surface area contributed by atoms with Gasteiger partial charge in [0.1, 0.15) is 0 Å². The predicted molar refractivity (Wildman–Crippen MR) is 126 cm³/mol. The van der Waals surface area contributed by atoms with Gasteiger partial charge >= 0.3 is 6.03 Å². The number of carbonyl (C=O) groups is 1. The van der Waals surface area contributed by atoms with E-state index in [9.17, 15) is 9.90 Å². The van der Waals surface area contributed by atoms with Crippen LogP contribution in [-0.4, -0.2) is 41.6 Å². The molecule has 1 fully saturated rings. The third-order valence-electron chi connectivity index (χ3n) is 6.07. The molecular weight excluding hydrogens is 400 g/mol. The average Bonchev–Trinajstić information content (AvgIpc) is 3.10. The van der Waals surface area contributed by atoms with Crippen molar-refractivity contribution in [1.29, 1.82) is 0 Å². The maximum absolute atomic E-state index is 13.7. The second-order valence-corrected chi connectivity index (χ2v) is 8.23. The number of carbonyl (C=O) groups excluding carboxylic acids is 1. The number of nitrogens with zero attached hydrogens (tertiary/aromatic N) is 4. The molecule has 2 aliphatic heterocycles. The fourth-order valence-corrected chi connectivity index (χ4v) is 4.43. The van der Waals surface area contributed by atoms with Gasteiger partial charge in [0.25, 0.3) is 0 Å². The first-order chi connectivity index (χ1) is 15.6. The highest BCUT2D eigenvalue weighted by Gasteiger charge is 2.51. The van der Waals surface area contributed by atoms with Gasteiger partial charge in [0.15, 0.2) is 0 Å². The van der Waals surface area contributed by atoms with Crippen LogP contribution in [0.1, 0.15) is 23.2 Å². The maximum atomic E-state index is 13.7. The first-order valence-corrected chi connectivity index (χ1v) is 10.7. The van der Waals surface area contributed by atoms with Crippen LogP contribution in [0.25, 0.3) is 0 Å². The summed E-state index contributed by atoms with van der Waals surface area (Å²) in [6, 6.07) is 26.7. The molecule has 0 spiro atoms. The SMILES string of the molecule is CN(C)c1ccc(N2C(=O)N3[C@H](c4ccccc4)C=C[C@H](c4ccccc4)N3C2O)cc1. The number of benzene rings is 3. The minimum Gasteiger partial charge on any atom is -0.378 e. The lowest BCUT2D eigenvalue weighted by Gasteiger charge is -2.41. The molecule has 2 amide bonds. The monoisotopic (exact) mass is 426 g/mol. The first-order valence-electron chi connectivity index (χ1n) is 10.7. The van der Waals surface area contributed by atoms with Gasteiger partial charge in [-0.3, -0.25) is 4.90 Å². The van der Waals surface area contributed by atoms with E-state index in [0.29, 0.717) is 5.69 Å². The third kappa shape index (κ3) is 3.34. The quantitative estimate of drug-likeness (QED) is 0.623. The number of hydrogen-bond acceptors (Lipinski definition) is 4. The van der Waals surface area contributed by atoms with Crippen molar-refractivity contribution in [3.05, 3.63) is 108 Å². The van der Waals surface area contributed by atoms with E-state index in [0.717, 1.165) is 16.8 Å². The molecule has 1 N–H and O–H groups in total. The van der Waals surface area contributed by atoms with Crippen LogP contribution in [-0.2, 0) is 0 Å². The molecule has 3 aromatic rings. The fourth-order valence-electron chi connectivity index (χ4n) is 4.43. The number of urea groups is 1. The van der Waals surface area contributed by atoms with Gasteiger partial charge in [-0.1, -0.05) is 72.8 Å². The molecule has 2 heterocycles. The van der Waals surface area contributed by atoms with Gasteiger partial charge in [0.05, 0.1) is 12.1 Å². The molecule has 3 aromatic carbocycles. The Bertz CT molecular complexity index is 1120. The van der Waals surface area contributed by atoms with E-state index in [2.05, 4.69) is 6.08 Å². The number of amides is 2. The molecule has 32 heavy (non-hydrogen) atoms. The zero-order valence-corrected chi connectivity index (χ0v) is 18.1. The van der Waals surface area contributed by atoms with Crippen LogP contribution in [0.2, 0.25) is 0 Å². The summed E-state index contributed by atoms with van der Waals surface area (Å²) in [6.07, 6.45) is 2.99. The van der Waals surface area contributed by atoms with Crippen molar-refractivity contribution in [3.63, 3.8) is 0 Å². The van der Waals surface area contributed by atoms with E-state index in [4.69, 9.17) is 0 Å². The van der Waals surface area contributed by atoms with Crippen LogP contribution in [0.3, 0.4) is 0 Å². The van der Waals surface area contributed by atoms with Gasteiger partial charge < -0.3 is 10.0 Å². The number of hydrazine groups is 1. The Hall–Kier alpha value is -3.61. The van der Waals surface area contributed by atoms with Crippen molar-refractivity contribution < 1.29 is 9.90 Å². The van der Waals surface area contributed by atoms with E-state index in [-0.39, 0.29) is 18.1 Å². The fraction of sp³-hybridized carbons (Fsp3) is 0.192. The Balaban J connectivity index is 1.58. The summed E-state index contributed by atoms with van der Waals surface area (Å²) in [6.45, 7) is 0. The third-order valence-corrected chi connectivity index (χ3v) is 6.07. The minimum absolute atomic E-state index is 0.255. The first kappa shape index (κ1) is 20.3. The molecule has 0 radical (unpaired) electrons. The normalized spacial score (nSPS) is 22.8. The van der Waals surface area contributed by atoms with Gasteiger partial charge in [0.2, 0.25) is 6.35 Å². The second kappa shape index (κ2) is 8.15. The van der Waals surface area contributed by atoms with Crippen molar-refractivity contribution in [2.75, 3.05) is 23.9 Å². The average molecular weight is 427 g/mol. The summed E-state index contributed by atoms with van der Waals surface area (Å²) < 4.78 is 0. The van der Waals surface area contributed by atoms with Crippen LogP contribution in [0.15, 0.2) is 97.1 Å². The molecule has 1 saturated heterocycles. The molecular formula is C26H26N4O2. The Labute approximate surface area is 188 Å². The number of rotatable bonds is 4. The lowest BCUT2D eigenvalue weighted by Crippen LogP contribution is -2.48. The summed E-state index contributed by atoms with van der Waals surface area (Å²) >= 11 is 0. The van der Waals surface area contributed by atoms with E-state index in [1.54, 1.807) is 10.0 Å². The Morgan fingerprint density at radius 1 is 0.750 bits per heavy atom. The molecule has 6 heteroatoms. The minimum atomic E-state index is -1.13. The molecule has 5 rings (SSSR count). The van der Waals surface area contributed by atoms with E-state index in [1.807, 2.05) is 110 Å². The number of fused-ring (bicyclic) bond motifs is 1. The van der Waals surface area contributed by atoms with Gasteiger partial charge in [-0.15, -0.1) is 0 Å². The van der Waals surface area contributed by atoms with Crippen LogP contribution in [0.4, 0.5) is 16.2 Å². The summed E-state index contributed by atoms with van der Waals surface area (Å²) in [5, 5.41) is 14.9.